The number of carboxylic acids is 1. The minimum Gasteiger partial charge on any atom is -0.475 e. The molecule has 3 aliphatic heterocycles. The first kappa shape index (κ1) is 27.7. The summed E-state index contributed by atoms with van der Waals surface area (Å²) in [6, 6.07) is 4.86. The molecule has 39 heavy (non-hydrogen) atoms. The van der Waals surface area contributed by atoms with Crippen LogP contribution in [0.15, 0.2) is 24.4 Å². The summed E-state index contributed by atoms with van der Waals surface area (Å²) < 4.78 is 33.4. The molecule has 0 bridgehead atoms. The molecule has 208 valence electrons. The Morgan fingerprint density at radius 3 is 2.54 bits per heavy atom. The van der Waals surface area contributed by atoms with Gasteiger partial charge in [-0.15, -0.1) is 5.10 Å². The highest BCUT2D eigenvalue weighted by atomic mass is 19.4. The van der Waals surface area contributed by atoms with Gasteiger partial charge in [0.2, 0.25) is 17.7 Å². The number of carbonyl (C=O) groups excluding carboxylic acids is 4. The first-order chi connectivity index (χ1) is 18.4. The Bertz CT molecular complexity index is 1310. The lowest BCUT2D eigenvalue weighted by Crippen LogP contribution is -2.52. The first-order valence-electron chi connectivity index (χ1n) is 11.9. The summed E-state index contributed by atoms with van der Waals surface area (Å²) in [6.07, 6.45) is -2.03. The molecule has 1 atom stereocenters. The second-order valence-corrected chi connectivity index (χ2v) is 9.07. The molecule has 3 N–H and O–H groups in total. The van der Waals surface area contributed by atoms with Gasteiger partial charge in [-0.3, -0.25) is 29.4 Å². The molecule has 0 radical (unpaired) electrons. The smallest absolute Gasteiger partial charge is 0.475 e. The minimum atomic E-state index is -5.08. The van der Waals surface area contributed by atoms with Gasteiger partial charge in [-0.1, -0.05) is 11.3 Å². The number of benzene rings is 1. The monoisotopic (exact) mass is 551 g/mol. The van der Waals surface area contributed by atoms with Gasteiger partial charge >= 0.3 is 12.1 Å². The molecular formula is C23H24F3N7O6. The summed E-state index contributed by atoms with van der Waals surface area (Å²) in [5.41, 5.74) is 2.88. The Balaban J connectivity index is 0.000000448. The van der Waals surface area contributed by atoms with E-state index in [-0.39, 0.29) is 24.1 Å². The molecule has 0 aliphatic carbocycles. The highest BCUT2D eigenvalue weighted by Crippen LogP contribution is 2.29. The number of alkyl halides is 3. The van der Waals surface area contributed by atoms with Gasteiger partial charge in [-0.2, -0.15) is 13.2 Å². The summed E-state index contributed by atoms with van der Waals surface area (Å²) in [7, 11) is 0. The molecule has 4 amide bonds. The van der Waals surface area contributed by atoms with Crippen LogP contribution in [0.3, 0.4) is 0 Å². The van der Waals surface area contributed by atoms with Crippen molar-refractivity contribution in [1.82, 2.24) is 35.4 Å². The van der Waals surface area contributed by atoms with Gasteiger partial charge in [0.25, 0.3) is 5.91 Å². The molecule has 0 spiro atoms. The molecular weight excluding hydrogens is 527 g/mol. The SMILES string of the molecule is O=C(O)C(F)(F)F.O=C1CN(CCc2cn(-c3ccc4c(c3)C(=O)N(C3CCC(=O)NC3=O)C4)nn2)CCN1. The third kappa shape index (κ3) is 6.57. The molecule has 16 heteroatoms. The Morgan fingerprint density at radius 2 is 1.87 bits per heavy atom. The van der Waals surface area contributed by atoms with E-state index in [1.54, 1.807) is 10.7 Å². The number of aromatic nitrogens is 3. The van der Waals surface area contributed by atoms with Crippen LogP contribution in [0.2, 0.25) is 0 Å². The number of amides is 4. The molecule has 0 saturated carbocycles. The Kier molecular flexibility index (Phi) is 7.94. The van der Waals surface area contributed by atoms with Crippen LogP contribution in [-0.4, -0.2) is 97.9 Å². The predicted molar refractivity (Wildman–Crippen MR) is 124 cm³/mol. The number of halogens is 3. The molecule has 1 aromatic carbocycles. The third-order valence-corrected chi connectivity index (χ3v) is 6.36. The van der Waals surface area contributed by atoms with Crippen molar-refractivity contribution in [1.29, 1.82) is 0 Å². The molecule has 2 aromatic rings. The molecule has 2 saturated heterocycles. The third-order valence-electron chi connectivity index (χ3n) is 6.36. The maximum absolute atomic E-state index is 13.0. The summed E-state index contributed by atoms with van der Waals surface area (Å²) in [5, 5.41) is 20.7. The van der Waals surface area contributed by atoms with Gasteiger partial charge in [0.15, 0.2) is 0 Å². The van der Waals surface area contributed by atoms with Gasteiger partial charge in [0.05, 0.1) is 24.1 Å². The zero-order valence-corrected chi connectivity index (χ0v) is 20.4. The Morgan fingerprint density at radius 1 is 1.13 bits per heavy atom. The quantitative estimate of drug-likeness (QED) is 0.421. The highest BCUT2D eigenvalue weighted by Gasteiger charge is 2.39. The van der Waals surface area contributed by atoms with Crippen LogP contribution >= 0.6 is 0 Å². The van der Waals surface area contributed by atoms with Crippen LogP contribution in [0, 0.1) is 0 Å². The van der Waals surface area contributed by atoms with Gasteiger partial charge in [-0.25, -0.2) is 9.48 Å². The van der Waals surface area contributed by atoms with Crippen LogP contribution in [0.5, 0.6) is 0 Å². The van der Waals surface area contributed by atoms with E-state index in [0.717, 1.165) is 24.3 Å². The summed E-state index contributed by atoms with van der Waals surface area (Å²) in [5.74, 6) is -3.67. The van der Waals surface area contributed by atoms with Crippen LogP contribution in [0.1, 0.15) is 34.5 Å². The number of rotatable bonds is 5. The standard InChI is InChI=1S/C21H23N7O4.C2HF3O2/c29-18-4-3-17(20(31)23-18)27-10-13-1-2-15(9-16(13)21(27)32)28-11-14(24-25-28)5-7-26-8-6-22-19(30)12-26;3-2(4,5)1(6)7/h1-2,9,11,17H,3-8,10,12H2,(H,22,30)(H,23,29,31);(H,6,7). The molecule has 4 heterocycles. The largest absolute Gasteiger partial charge is 0.490 e. The number of imide groups is 1. The van der Waals surface area contributed by atoms with E-state index in [4.69, 9.17) is 9.90 Å². The van der Waals surface area contributed by atoms with Crippen molar-refractivity contribution in [3.8, 4) is 5.69 Å². The second kappa shape index (κ2) is 11.2. The number of piperazine rings is 1. The maximum atomic E-state index is 13.0. The fourth-order valence-corrected chi connectivity index (χ4v) is 4.38. The van der Waals surface area contributed by atoms with Gasteiger partial charge < -0.3 is 15.3 Å². The van der Waals surface area contributed by atoms with Crippen LogP contribution < -0.4 is 10.6 Å². The second-order valence-electron chi connectivity index (χ2n) is 9.07. The van der Waals surface area contributed by atoms with Crippen molar-refractivity contribution in [2.75, 3.05) is 26.2 Å². The number of hydrogen-bond acceptors (Lipinski definition) is 8. The Labute approximate surface area is 218 Å². The molecule has 2 fully saturated rings. The summed E-state index contributed by atoms with van der Waals surface area (Å²) in [4.78, 5) is 60.6. The van der Waals surface area contributed by atoms with Crippen LogP contribution in [0.4, 0.5) is 13.2 Å². The van der Waals surface area contributed by atoms with Crippen molar-refractivity contribution >= 4 is 29.6 Å². The van der Waals surface area contributed by atoms with Gasteiger partial charge in [-0.05, 0) is 24.1 Å². The van der Waals surface area contributed by atoms with E-state index < -0.39 is 24.1 Å². The lowest BCUT2D eigenvalue weighted by atomic mass is 10.0. The van der Waals surface area contributed by atoms with Gasteiger partial charge in [0.1, 0.15) is 6.04 Å². The zero-order chi connectivity index (χ0) is 28.3. The fraction of sp³-hybridized carbons (Fsp3) is 0.435. The number of nitrogens with one attached hydrogen (secondary N) is 2. The van der Waals surface area contributed by atoms with E-state index in [0.29, 0.717) is 43.7 Å². The van der Waals surface area contributed by atoms with E-state index in [1.165, 1.54) is 4.90 Å². The van der Waals surface area contributed by atoms with E-state index in [2.05, 4.69) is 25.8 Å². The molecule has 5 rings (SSSR count). The van der Waals surface area contributed by atoms with Crippen molar-refractivity contribution in [2.45, 2.75) is 38.0 Å². The lowest BCUT2D eigenvalue weighted by Gasteiger charge is -2.29. The molecule has 1 unspecified atom stereocenters. The van der Waals surface area contributed by atoms with Crippen molar-refractivity contribution in [2.24, 2.45) is 0 Å². The maximum Gasteiger partial charge on any atom is 0.490 e. The number of hydrogen-bond donors (Lipinski definition) is 3. The van der Waals surface area contributed by atoms with Crippen LogP contribution in [0.25, 0.3) is 5.69 Å². The number of carbonyl (C=O) groups is 5. The number of fused-ring (bicyclic) bond motifs is 1. The molecule has 3 aliphatic rings. The van der Waals surface area contributed by atoms with Crippen LogP contribution in [-0.2, 0) is 32.1 Å². The number of nitrogens with zero attached hydrogens (tertiary/aromatic N) is 5. The Hall–Kier alpha value is -4.34. The predicted octanol–water partition coefficient (Wildman–Crippen LogP) is -0.364. The van der Waals surface area contributed by atoms with E-state index in [1.807, 2.05) is 18.3 Å². The lowest BCUT2D eigenvalue weighted by molar-refractivity contribution is -0.192. The van der Waals surface area contributed by atoms with E-state index in [9.17, 15) is 32.3 Å². The normalized spacial score (nSPS) is 19.7. The van der Waals surface area contributed by atoms with Crippen molar-refractivity contribution in [3.05, 3.63) is 41.2 Å². The topological polar surface area (TPSA) is 167 Å². The average molecular weight is 551 g/mol. The molecule has 1 aromatic heterocycles. The number of aliphatic carboxylic acids is 1. The number of carboxylic acid groups (broad SMARTS) is 1. The molecule has 13 nitrogen and oxygen atoms in total. The number of piperidine rings is 1. The van der Waals surface area contributed by atoms with Gasteiger partial charge in [0, 0.05) is 44.6 Å². The van der Waals surface area contributed by atoms with E-state index >= 15 is 0 Å². The summed E-state index contributed by atoms with van der Waals surface area (Å²) in [6.45, 7) is 2.92. The summed E-state index contributed by atoms with van der Waals surface area (Å²) >= 11 is 0. The van der Waals surface area contributed by atoms with Crippen molar-refractivity contribution in [3.63, 3.8) is 0 Å². The minimum absolute atomic E-state index is 0.0362. The first-order valence-corrected chi connectivity index (χ1v) is 11.9. The van der Waals surface area contributed by atoms with Crippen molar-refractivity contribution < 1.29 is 42.3 Å². The average Bonchev–Trinajstić information content (AvgIpc) is 3.47. The zero-order valence-electron chi connectivity index (χ0n) is 20.4. The highest BCUT2D eigenvalue weighted by molar-refractivity contribution is 6.05. The fourth-order valence-electron chi connectivity index (χ4n) is 4.38.